The molecule has 1 saturated heterocycles. The van der Waals surface area contributed by atoms with Gasteiger partial charge in [0.2, 0.25) is 5.91 Å². The molecule has 0 aromatic heterocycles. The smallest absolute Gasteiger partial charge is 0.370 e. The van der Waals surface area contributed by atoms with E-state index in [1.807, 2.05) is 0 Å². The highest BCUT2D eigenvalue weighted by molar-refractivity contribution is 5.97. The fourth-order valence-corrected chi connectivity index (χ4v) is 3.09. The molecule has 2 aromatic carbocycles. The number of benzene rings is 2. The molecular formula is C20H18F4N2O3. The topological polar surface area (TPSA) is 58.6 Å². The maximum Gasteiger partial charge on any atom is 0.416 e. The molecule has 1 heterocycles. The zero-order valence-corrected chi connectivity index (χ0v) is 15.4. The third-order valence-corrected chi connectivity index (χ3v) is 4.42. The number of halogens is 4. The van der Waals surface area contributed by atoms with Gasteiger partial charge in [-0.25, -0.2) is 4.39 Å². The van der Waals surface area contributed by atoms with E-state index >= 15 is 0 Å². The summed E-state index contributed by atoms with van der Waals surface area (Å²) in [5, 5.41) is 2.29. The molecular weight excluding hydrogens is 392 g/mol. The van der Waals surface area contributed by atoms with Crippen molar-refractivity contribution in [2.45, 2.75) is 19.2 Å². The van der Waals surface area contributed by atoms with Crippen LogP contribution in [0.3, 0.4) is 0 Å². The average Bonchev–Trinajstić information content (AvgIpc) is 2.66. The van der Waals surface area contributed by atoms with Crippen LogP contribution in [0.15, 0.2) is 42.5 Å². The summed E-state index contributed by atoms with van der Waals surface area (Å²) in [6, 6.07) is 8.36. The van der Waals surface area contributed by atoms with E-state index in [1.54, 1.807) is 0 Å². The molecule has 1 aliphatic heterocycles. The lowest BCUT2D eigenvalue weighted by Gasteiger charge is -2.33. The van der Waals surface area contributed by atoms with Crippen LogP contribution in [-0.2, 0) is 15.7 Å². The largest absolute Gasteiger partial charge is 0.416 e. The van der Waals surface area contributed by atoms with Crippen molar-refractivity contribution in [1.29, 1.82) is 0 Å². The molecule has 9 heteroatoms. The number of carbonyl (C=O) groups is 2. The summed E-state index contributed by atoms with van der Waals surface area (Å²) in [5.41, 5.74) is -0.676. The highest BCUT2D eigenvalue weighted by atomic mass is 19.4. The van der Waals surface area contributed by atoms with Crippen molar-refractivity contribution in [3.05, 3.63) is 65.0 Å². The fourth-order valence-electron chi connectivity index (χ4n) is 3.09. The minimum absolute atomic E-state index is 0.107. The molecule has 2 amide bonds. The molecule has 0 saturated carbocycles. The molecule has 154 valence electrons. The molecule has 1 unspecified atom stereocenters. The molecule has 1 aliphatic rings. The summed E-state index contributed by atoms with van der Waals surface area (Å²) < 4.78 is 58.4. The van der Waals surface area contributed by atoms with Gasteiger partial charge in [0.25, 0.3) is 5.91 Å². The van der Waals surface area contributed by atoms with Crippen LogP contribution in [0.1, 0.15) is 34.5 Å². The first-order valence-electron chi connectivity index (χ1n) is 8.79. The second-order valence-corrected chi connectivity index (χ2v) is 6.64. The average molecular weight is 410 g/mol. The van der Waals surface area contributed by atoms with Gasteiger partial charge < -0.3 is 15.0 Å². The Hall–Kier alpha value is -2.94. The summed E-state index contributed by atoms with van der Waals surface area (Å²) in [5.74, 6) is -1.57. The maximum absolute atomic E-state index is 13.2. The number of anilines is 1. The Bertz CT molecular complexity index is 913. The summed E-state index contributed by atoms with van der Waals surface area (Å²) in [6.07, 6.45) is -5.19. The van der Waals surface area contributed by atoms with E-state index in [2.05, 4.69) is 5.32 Å². The van der Waals surface area contributed by atoms with Crippen LogP contribution in [-0.4, -0.2) is 36.4 Å². The first-order valence-corrected chi connectivity index (χ1v) is 8.79. The Kier molecular flexibility index (Phi) is 5.88. The monoisotopic (exact) mass is 410 g/mol. The minimum Gasteiger partial charge on any atom is -0.370 e. The van der Waals surface area contributed by atoms with Crippen molar-refractivity contribution in [2.75, 3.05) is 25.0 Å². The number of hydrogen-bond acceptors (Lipinski definition) is 3. The van der Waals surface area contributed by atoms with Crippen LogP contribution in [0.25, 0.3) is 0 Å². The fraction of sp³-hybridized carbons (Fsp3) is 0.300. The van der Waals surface area contributed by atoms with Crippen LogP contribution >= 0.6 is 0 Å². The van der Waals surface area contributed by atoms with Gasteiger partial charge in [0.05, 0.1) is 18.7 Å². The molecule has 3 rings (SSSR count). The third-order valence-electron chi connectivity index (χ3n) is 4.42. The number of ether oxygens (including phenoxy) is 1. The van der Waals surface area contributed by atoms with Gasteiger partial charge in [0, 0.05) is 24.7 Å². The van der Waals surface area contributed by atoms with E-state index in [0.29, 0.717) is 5.56 Å². The summed E-state index contributed by atoms with van der Waals surface area (Å²) >= 11 is 0. The van der Waals surface area contributed by atoms with Crippen molar-refractivity contribution >= 4 is 17.5 Å². The van der Waals surface area contributed by atoms with Gasteiger partial charge in [0.1, 0.15) is 11.9 Å². The molecule has 5 nitrogen and oxygen atoms in total. The summed E-state index contributed by atoms with van der Waals surface area (Å²) in [4.78, 5) is 25.5. The van der Waals surface area contributed by atoms with Gasteiger partial charge in [-0.05, 0) is 35.9 Å². The number of morpholine rings is 1. The van der Waals surface area contributed by atoms with Crippen molar-refractivity contribution in [3.8, 4) is 0 Å². The van der Waals surface area contributed by atoms with Gasteiger partial charge in [0.15, 0.2) is 0 Å². The Morgan fingerprint density at radius 1 is 1.14 bits per heavy atom. The second kappa shape index (κ2) is 8.20. The zero-order valence-electron chi connectivity index (χ0n) is 15.4. The van der Waals surface area contributed by atoms with Gasteiger partial charge in [-0.2, -0.15) is 13.2 Å². The highest BCUT2D eigenvalue weighted by Crippen LogP contribution is 2.33. The molecule has 1 N–H and O–H groups in total. The van der Waals surface area contributed by atoms with Crippen molar-refractivity contribution in [3.63, 3.8) is 0 Å². The number of nitrogens with one attached hydrogen (secondary N) is 1. The summed E-state index contributed by atoms with van der Waals surface area (Å²) in [7, 11) is 0. The first-order chi connectivity index (χ1) is 13.6. The molecule has 0 bridgehead atoms. The van der Waals surface area contributed by atoms with Gasteiger partial charge in [-0.15, -0.1) is 0 Å². The lowest BCUT2D eigenvalue weighted by molar-refractivity contribution is -0.137. The Morgan fingerprint density at radius 2 is 1.83 bits per heavy atom. The molecule has 29 heavy (non-hydrogen) atoms. The maximum atomic E-state index is 13.2. The number of hydrogen-bond donors (Lipinski definition) is 1. The number of nitrogens with zero attached hydrogens (tertiary/aromatic N) is 1. The van der Waals surface area contributed by atoms with Crippen LogP contribution in [0.4, 0.5) is 23.2 Å². The molecule has 0 spiro atoms. The SMILES string of the molecule is CC(=O)Nc1cc(C(=O)N2CCOC(c3ccc(F)cc3)C2)cc(C(F)(F)F)c1. The van der Waals surface area contributed by atoms with E-state index in [9.17, 15) is 27.2 Å². The molecule has 1 fully saturated rings. The van der Waals surface area contributed by atoms with E-state index in [0.717, 1.165) is 19.1 Å². The Morgan fingerprint density at radius 3 is 2.45 bits per heavy atom. The van der Waals surface area contributed by atoms with E-state index < -0.39 is 35.5 Å². The third kappa shape index (κ3) is 5.11. The predicted octanol–water partition coefficient (Wildman–Crippen LogP) is 4.02. The molecule has 2 aromatic rings. The first kappa shape index (κ1) is 20.8. The standard InChI is InChI=1S/C20H18F4N2O3/c1-12(27)25-17-9-14(8-15(10-17)20(22,23)24)19(28)26-6-7-29-18(11-26)13-2-4-16(21)5-3-13/h2-5,8-10,18H,6-7,11H2,1H3,(H,25,27). The number of carbonyl (C=O) groups excluding carboxylic acids is 2. The van der Waals surface area contributed by atoms with Crippen LogP contribution < -0.4 is 5.32 Å². The molecule has 0 aliphatic carbocycles. The Labute approximate surface area is 164 Å². The van der Waals surface area contributed by atoms with E-state index in [1.165, 1.54) is 35.2 Å². The van der Waals surface area contributed by atoms with E-state index in [-0.39, 0.29) is 30.9 Å². The van der Waals surface area contributed by atoms with Crippen LogP contribution in [0.5, 0.6) is 0 Å². The van der Waals surface area contributed by atoms with Crippen molar-refractivity contribution in [2.24, 2.45) is 0 Å². The zero-order chi connectivity index (χ0) is 21.2. The van der Waals surface area contributed by atoms with Gasteiger partial charge >= 0.3 is 6.18 Å². The van der Waals surface area contributed by atoms with Crippen LogP contribution in [0, 0.1) is 5.82 Å². The second-order valence-electron chi connectivity index (χ2n) is 6.64. The highest BCUT2D eigenvalue weighted by Gasteiger charge is 2.33. The molecule has 0 radical (unpaired) electrons. The van der Waals surface area contributed by atoms with Gasteiger partial charge in [-0.3, -0.25) is 9.59 Å². The quantitative estimate of drug-likeness (QED) is 0.778. The lowest BCUT2D eigenvalue weighted by atomic mass is 10.0. The van der Waals surface area contributed by atoms with Crippen molar-refractivity contribution < 1.29 is 31.9 Å². The van der Waals surface area contributed by atoms with Gasteiger partial charge in [-0.1, -0.05) is 12.1 Å². The number of alkyl halides is 3. The van der Waals surface area contributed by atoms with Crippen molar-refractivity contribution in [1.82, 2.24) is 4.90 Å². The Balaban J connectivity index is 1.86. The van der Waals surface area contributed by atoms with E-state index in [4.69, 9.17) is 4.74 Å². The summed E-state index contributed by atoms with van der Waals surface area (Å²) in [6.45, 7) is 1.65. The normalized spacial score (nSPS) is 17.1. The minimum atomic E-state index is -4.68. The van der Waals surface area contributed by atoms with Crippen LogP contribution in [0.2, 0.25) is 0 Å². The number of amides is 2. The lowest BCUT2D eigenvalue weighted by Crippen LogP contribution is -2.42. The number of rotatable bonds is 3. The molecule has 1 atom stereocenters. The predicted molar refractivity (Wildman–Crippen MR) is 96.7 cm³/mol.